The first kappa shape index (κ1) is 13.1. The van der Waals surface area contributed by atoms with Crippen molar-refractivity contribution in [3.8, 4) is 0 Å². The maximum Gasteiger partial charge on any atom is 0.137 e. The van der Waals surface area contributed by atoms with Crippen LogP contribution in [0.5, 0.6) is 0 Å². The van der Waals surface area contributed by atoms with Crippen LogP contribution in [0.1, 0.15) is 24.8 Å². The Morgan fingerprint density at radius 3 is 2.61 bits per heavy atom. The van der Waals surface area contributed by atoms with Crippen molar-refractivity contribution in [3.63, 3.8) is 0 Å². The van der Waals surface area contributed by atoms with Crippen molar-refractivity contribution in [2.24, 2.45) is 5.92 Å². The van der Waals surface area contributed by atoms with E-state index in [1.807, 2.05) is 0 Å². The lowest BCUT2D eigenvalue weighted by Crippen LogP contribution is -2.34. The molecule has 1 N–H and O–H groups in total. The number of hydrogen-bond donors (Lipinski definition) is 1. The number of ketones is 1. The monoisotopic (exact) mass is 253 g/mol. The Bertz CT molecular complexity index is 408. The molecule has 1 atom stereocenters. The minimum absolute atomic E-state index is 0.0668. The first-order valence-corrected chi connectivity index (χ1v) is 6.33. The second-order valence-electron chi connectivity index (χ2n) is 4.79. The fraction of sp³-hybridized carbons (Fsp3) is 0.500. The smallest absolute Gasteiger partial charge is 0.137 e. The van der Waals surface area contributed by atoms with Gasteiger partial charge in [0.25, 0.3) is 0 Å². The molecule has 4 heteroatoms. The zero-order valence-corrected chi connectivity index (χ0v) is 10.2. The van der Waals surface area contributed by atoms with Crippen LogP contribution in [0.15, 0.2) is 18.2 Å². The normalized spacial score (nSPS) is 19.8. The third-order valence-corrected chi connectivity index (χ3v) is 3.33. The minimum Gasteiger partial charge on any atom is -0.316 e. The second kappa shape index (κ2) is 6.05. The SMILES string of the molecule is O=C(CCc1cc(F)cc(F)c1)C1CCCNC1. The lowest BCUT2D eigenvalue weighted by Gasteiger charge is -2.21. The second-order valence-corrected chi connectivity index (χ2v) is 4.79. The molecule has 18 heavy (non-hydrogen) atoms. The number of carbonyl (C=O) groups is 1. The molecule has 0 aromatic heterocycles. The molecule has 2 rings (SSSR count). The first-order chi connectivity index (χ1) is 8.65. The number of halogens is 2. The van der Waals surface area contributed by atoms with Gasteiger partial charge < -0.3 is 5.32 Å². The predicted molar refractivity (Wildman–Crippen MR) is 65.3 cm³/mol. The van der Waals surface area contributed by atoms with Crippen LogP contribution in [0.2, 0.25) is 0 Å². The number of aryl methyl sites for hydroxylation is 1. The van der Waals surface area contributed by atoms with Gasteiger partial charge in [-0.05, 0) is 43.5 Å². The number of nitrogens with one attached hydrogen (secondary N) is 1. The number of carbonyl (C=O) groups excluding carboxylic acids is 1. The largest absolute Gasteiger partial charge is 0.316 e. The van der Waals surface area contributed by atoms with E-state index < -0.39 is 11.6 Å². The maximum absolute atomic E-state index is 13.0. The molecule has 1 heterocycles. The van der Waals surface area contributed by atoms with Crippen LogP contribution in [-0.4, -0.2) is 18.9 Å². The molecule has 1 fully saturated rings. The molecule has 1 unspecified atom stereocenters. The molecule has 0 aliphatic carbocycles. The van der Waals surface area contributed by atoms with Gasteiger partial charge in [-0.15, -0.1) is 0 Å². The fourth-order valence-corrected chi connectivity index (χ4v) is 2.35. The Balaban J connectivity index is 1.88. The maximum atomic E-state index is 13.0. The third-order valence-electron chi connectivity index (χ3n) is 3.33. The average Bonchev–Trinajstić information content (AvgIpc) is 2.36. The average molecular weight is 253 g/mol. The van der Waals surface area contributed by atoms with Crippen molar-refractivity contribution < 1.29 is 13.6 Å². The molecule has 0 radical (unpaired) electrons. The van der Waals surface area contributed by atoms with Crippen molar-refractivity contribution in [1.29, 1.82) is 0 Å². The van der Waals surface area contributed by atoms with E-state index in [0.29, 0.717) is 18.4 Å². The highest BCUT2D eigenvalue weighted by atomic mass is 19.1. The van der Waals surface area contributed by atoms with Crippen molar-refractivity contribution in [2.75, 3.05) is 13.1 Å². The molecule has 2 nitrogen and oxygen atoms in total. The summed E-state index contributed by atoms with van der Waals surface area (Å²) in [6, 6.07) is 3.42. The van der Waals surface area contributed by atoms with Crippen LogP contribution in [0, 0.1) is 17.6 Å². The molecule has 1 aliphatic heterocycles. The topological polar surface area (TPSA) is 29.1 Å². The van der Waals surface area contributed by atoms with Gasteiger partial charge in [0.1, 0.15) is 17.4 Å². The first-order valence-electron chi connectivity index (χ1n) is 6.33. The summed E-state index contributed by atoms with van der Waals surface area (Å²) in [6.07, 6.45) is 2.70. The van der Waals surface area contributed by atoms with E-state index >= 15 is 0 Å². The summed E-state index contributed by atoms with van der Waals surface area (Å²) >= 11 is 0. The van der Waals surface area contributed by atoms with E-state index in [4.69, 9.17) is 0 Å². The highest BCUT2D eigenvalue weighted by Gasteiger charge is 2.20. The molecule has 1 saturated heterocycles. The van der Waals surface area contributed by atoms with Gasteiger partial charge in [0.2, 0.25) is 0 Å². The van der Waals surface area contributed by atoms with Crippen molar-refractivity contribution in [2.45, 2.75) is 25.7 Å². The minimum atomic E-state index is -0.586. The van der Waals surface area contributed by atoms with E-state index in [1.54, 1.807) is 0 Å². The summed E-state index contributed by atoms with van der Waals surface area (Å²) in [4.78, 5) is 11.9. The summed E-state index contributed by atoms with van der Waals surface area (Å²) in [5.41, 5.74) is 0.546. The highest BCUT2D eigenvalue weighted by molar-refractivity contribution is 5.81. The third kappa shape index (κ3) is 3.60. The standard InChI is InChI=1S/C14H17F2NO/c15-12-6-10(7-13(16)8-12)3-4-14(18)11-2-1-5-17-9-11/h6-8,11,17H,1-5,9H2. The molecule has 0 spiro atoms. The number of rotatable bonds is 4. The van der Waals surface area contributed by atoms with Gasteiger partial charge >= 0.3 is 0 Å². The van der Waals surface area contributed by atoms with Gasteiger partial charge in [-0.2, -0.15) is 0 Å². The quantitative estimate of drug-likeness (QED) is 0.893. The van der Waals surface area contributed by atoms with Crippen LogP contribution in [0.4, 0.5) is 8.78 Å². The highest BCUT2D eigenvalue weighted by Crippen LogP contribution is 2.16. The zero-order chi connectivity index (χ0) is 13.0. The Labute approximate surface area is 105 Å². The molecule has 98 valence electrons. The summed E-state index contributed by atoms with van der Waals surface area (Å²) in [5.74, 6) is -0.919. The molecule has 0 bridgehead atoms. The van der Waals surface area contributed by atoms with Crippen LogP contribution in [0.25, 0.3) is 0 Å². The Morgan fingerprint density at radius 1 is 1.28 bits per heavy atom. The van der Waals surface area contributed by atoms with Gasteiger partial charge in [-0.1, -0.05) is 0 Å². The molecule has 1 aromatic rings. The Hall–Kier alpha value is -1.29. The molecular weight excluding hydrogens is 236 g/mol. The lowest BCUT2D eigenvalue weighted by molar-refractivity contribution is -0.123. The fourth-order valence-electron chi connectivity index (χ4n) is 2.35. The van der Waals surface area contributed by atoms with E-state index in [-0.39, 0.29) is 11.7 Å². The van der Waals surface area contributed by atoms with Gasteiger partial charge in [0.15, 0.2) is 0 Å². The summed E-state index contributed by atoms with van der Waals surface area (Å²) in [5, 5.41) is 3.19. The zero-order valence-electron chi connectivity index (χ0n) is 10.2. The van der Waals surface area contributed by atoms with E-state index in [0.717, 1.165) is 32.0 Å². The van der Waals surface area contributed by atoms with Crippen LogP contribution in [0.3, 0.4) is 0 Å². The summed E-state index contributed by atoms with van der Waals surface area (Å²) in [7, 11) is 0. The van der Waals surface area contributed by atoms with E-state index in [2.05, 4.69) is 5.32 Å². The molecular formula is C14H17F2NO. The molecule has 1 aromatic carbocycles. The van der Waals surface area contributed by atoms with E-state index in [9.17, 15) is 13.6 Å². The number of Topliss-reactive ketones (excluding diaryl/α,β-unsaturated/α-hetero) is 1. The molecule has 0 saturated carbocycles. The number of hydrogen-bond acceptors (Lipinski definition) is 2. The van der Waals surface area contributed by atoms with Gasteiger partial charge in [-0.3, -0.25) is 4.79 Å². The molecule has 0 amide bonds. The lowest BCUT2D eigenvalue weighted by atomic mass is 9.91. The van der Waals surface area contributed by atoms with E-state index in [1.165, 1.54) is 12.1 Å². The van der Waals surface area contributed by atoms with Gasteiger partial charge in [0, 0.05) is 24.9 Å². The van der Waals surface area contributed by atoms with Crippen molar-refractivity contribution in [1.82, 2.24) is 5.32 Å². The summed E-state index contributed by atoms with van der Waals surface area (Å²) < 4.78 is 25.9. The Kier molecular flexibility index (Phi) is 4.42. The van der Waals surface area contributed by atoms with Crippen LogP contribution >= 0.6 is 0 Å². The van der Waals surface area contributed by atoms with Crippen molar-refractivity contribution >= 4 is 5.78 Å². The number of benzene rings is 1. The predicted octanol–water partition coefficient (Wildman–Crippen LogP) is 2.47. The van der Waals surface area contributed by atoms with Gasteiger partial charge in [-0.25, -0.2) is 8.78 Å². The van der Waals surface area contributed by atoms with Gasteiger partial charge in [0.05, 0.1) is 0 Å². The molecule has 1 aliphatic rings. The Morgan fingerprint density at radius 2 is 2.00 bits per heavy atom. The van der Waals surface area contributed by atoms with Crippen molar-refractivity contribution in [3.05, 3.63) is 35.4 Å². The van der Waals surface area contributed by atoms with Crippen LogP contribution in [-0.2, 0) is 11.2 Å². The van der Waals surface area contributed by atoms with Crippen LogP contribution < -0.4 is 5.32 Å². The number of piperidine rings is 1. The summed E-state index contributed by atoms with van der Waals surface area (Å²) in [6.45, 7) is 1.70.